The summed E-state index contributed by atoms with van der Waals surface area (Å²) in [6.07, 6.45) is -4.56. The van der Waals surface area contributed by atoms with Gasteiger partial charge in [-0.2, -0.15) is 13.2 Å². The number of nitrogens with zero attached hydrogens (tertiary/aromatic N) is 1. The summed E-state index contributed by atoms with van der Waals surface area (Å²) in [5.74, 6) is -0.648. The zero-order valence-corrected chi connectivity index (χ0v) is 10.8. The smallest absolute Gasteiger partial charge is 0.369 e. The highest BCUT2D eigenvalue weighted by Crippen LogP contribution is 2.16. The summed E-state index contributed by atoms with van der Waals surface area (Å²) in [6.45, 7) is 1.89. The minimum atomic E-state index is -4.38. The Morgan fingerprint density at radius 1 is 1.44 bits per heavy atom. The number of alkyl halides is 4. The van der Waals surface area contributed by atoms with Crippen LogP contribution in [0.4, 0.5) is 13.2 Å². The largest absolute Gasteiger partial charge is 0.406 e. The van der Waals surface area contributed by atoms with E-state index in [2.05, 4.69) is 15.9 Å². The molecule has 7 heteroatoms. The molecule has 1 amide bonds. The average molecular weight is 306 g/mol. The molecule has 0 N–H and O–H groups in total. The third-order valence-electron chi connectivity index (χ3n) is 1.62. The van der Waals surface area contributed by atoms with Crippen molar-refractivity contribution in [2.75, 3.05) is 25.0 Å². The van der Waals surface area contributed by atoms with E-state index in [0.717, 1.165) is 4.90 Å². The van der Waals surface area contributed by atoms with Crippen LogP contribution >= 0.6 is 15.9 Å². The fourth-order valence-electron chi connectivity index (χ4n) is 0.940. The average Bonchev–Trinajstić information content (AvgIpc) is 2.11. The lowest BCUT2D eigenvalue weighted by Crippen LogP contribution is -2.42. The topological polar surface area (TPSA) is 29.5 Å². The first-order valence-electron chi connectivity index (χ1n) is 4.78. The predicted octanol–water partition coefficient (Wildman–Crippen LogP) is 2.20. The van der Waals surface area contributed by atoms with Gasteiger partial charge in [0.15, 0.2) is 0 Å². The summed E-state index contributed by atoms with van der Waals surface area (Å²) in [5, 5.41) is 0.302. The Balaban J connectivity index is 4.24. The molecule has 16 heavy (non-hydrogen) atoms. The highest BCUT2D eigenvalue weighted by Gasteiger charge is 2.32. The Bertz CT molecular complexity index is 221. The number of halogens is 4. The zero-order valence-electron chi connectivity index (χ0n) is 9.18. The Labute approximate surface area is 101 Å². The van der Waals surface area contributed by atoms with E-state index in [1.807, 2.05) is 0 Å². The molecule has 0 aromatic heterocycles. The van der Waals surface area contributed by atoms with Crippen LogP contribution in [0.25, 0.3) is 0 Å². The van der Waals surface area contributed by atoms with Crippen molar-refractivity contribution < 1.29 is 22.7 Å². The first kappa shape index (κ1) is 15.7. The van der Waals surface area contributed by atoms with Crippen molar-refractivity contribution in [3.63, 3.8) is 0 Å². The first-order valence-corrected chi connectivity index (χ1v) is 5.90. The molecule has 0 aliphatic carbocycles. The van der Waals surface area contributed by atoms with E-state index < -0.39 is 18.6 Å². The zero-order chi connectivity index (χ0) is 12.8. The Morgan fingerprint density at radius 2 is 2.00 bits per heavy atom. The normalized spacial score (nSPS) is 11.9. The molecule has 0 aliphatic rings. The van der Waals surface area contributed by atoms with Gasteiger partial charge in [-0.15, -0.1) is 0 Å². The molecule has 0 fully saturated rings. The lowest BCUT2D eigenvalue weighted by Gasteiger charge is -2.23. The van der Waals surface area contributed by atoms with E-state index in [0.29, 0.717) is 5.33 Å². The van der Waals surface area contributed by atoms with Crippen LogP contribution < -0.4 is 0 Å². The Morgan fingerprint density at radius 3 is 2.38 bits per heavy atom. The third-order valence-corrected chi connectivity index (χ3v) is 1.97. The van der Waals surface area contributed by atoms with Crippen LogP contribution in [0.3, 0.4) is 0 Å². The van der Waals surface area contributed by atoms with Crippen molar-refractivity contribution in [2.24, 2.45) is 0 Å². The summed E-state index contributed by atoms with van der Waals surface area (Å²) < 4.78 is 41.4. The lowest BCUT2D eigenvalue weighted by atomic mass is 10.4. The van der Waals surface area contributed by atoms with Crippen molar-refractivity contribution in [3.8, 4) is 0 Å². The van der Waals surface area contributed by atoms with Gasteiger partial charge in [0.1, 0.15) is 13.2 Å². The molecule has 0 unspecified atom stereocenters. The second-order valence-corrected chi connectivity index (χ2v) is 4.27. The van der Waals surface area contributed by atoms with Gasteiger partial charge in [-0.25, -0.2) is 0 Å². The maximum atomic E-state index is 12.1. The van der Waals surface area contributed by atoms with Crippen LogP contribution in [-0.2, 0) is 9.53 Å². The molecule has 0 bridgehead atoms. The van der Waals surface area contributed by atoms with Crippen LogP contribution in [0.15, 0.2) is 0 Å². The third kappa shape index (κ3) is 7.92. The molecular formula is C9H15BrF3NO2. The minimum absolute atomic E-state index is 0.0137. The molecule has 0 aliphatic heterocycles. The lowest BCUT2D eigenvalue weighted by molar-refractivity contribution is -0.164. The van der Waals surface area contributed by atoms with Gasteiger partial charge < -0.3 is 9.64 Å². The van der Waals surface area contributed by atoms with Gasteiger partial charge in [-0.3, -0.25) is 4.79 Å². The SMILES string of the molecule is CC(C)OCC(=O)N(CCBr)CC(F)(F)F. The summed E-state index contributed by atoms with van der Waals surface area (Å²) in [6, 6.07) is 0. The highest BCUT2D eigenvalue weighted by molar-refractivity contribution is 9.09. The number of amides is 1. The molecule has 0 saturated carbocycles. The number of rotatable bonds is 6. The first-order chi connectivity index (χ1) is 7.26. The second kappa shape index (κ2) is 7.11. The van der Waals surface area contributed by atoms with E-state index in [1.165, 1.54) is 0 Å². The summed E-state index contributed by atoms with van der Waals surface area (Å²) in [5.41, 5.74) is 0. The predicted molar refractivity (Wildman–Crippen MR) is 57.5 cm³/mol. The molecule has 3 nitrogen and oxygen atoms in total. The van der Waals surface area contributed by atoms with Gasteiger partial charge >= 0.3 is 6.18 Å². The standard InChI is InChI=1S/C9H15BrF3NO2/c1-7(2)16-5-8(15)14(4-3-10)6-9(11,12)13/h7H,3-6H2,1-2H3. The van der Waals surface area contributed by atoms with Gasteiger partial charge in [0, 0.05) is 11.9 Å². The second-order valence-electron chi connectivity index (χ2n) is 3.48. The van der Waals surface area contributed by atoms with Crippen molar-refractivity contribution in [3.05, 3.63) is 0 Å². The van der Waals surface area contributed by atoms with E-state index in [-0.39, 0.29) is 19.3 Å². The molecule has 0 radical (unpaired) electrons. The highest BCUT2D eigenvalue weighted by atomic mass is 79.9. The number of hydrogen-bond acceptors (Lipinski definition) is 2. The van der Waals surface area contributed by atoms with Crippen molar-refractivity contribution in [1.82, 2.24) is 4.90 Å². The minimum Gasteiger partial charge on any atom is -0.369 e. The van der Waals surface area contributed by atoms with Crippen LogP contribution in [0.5, 0.6) is 0 Å². The maximum Gasteiger partial charge on any atom is 0.406 e. The van der Waals surface area contributed by atoms with Gasteiger partial charge in [0.2, 0.25) is 5.91 Å². The maximum absolute atomic E-state index is 12.1. The van der Waals surface area contributed by atoms with Crippen LogP contribution in [0.1, 0.15) is 13.8 Å². The molecule has 96 valence electrons. The van der Waals surface area contributed by atoms with E-state index in [4.69, 9.17) is 4.74 Å². The molecule has 0 aromatic rings. The fraction of sp³-hybridized carbons (Fsp3) is 0.889. The molecular weight excluding hydrogens is 291 g/mol. The summed E-state index contributed by atoms with van der Waals surface area (Å²) in [7, 11) is 0. The van der Waals surface area contributed by atoms with Crippen LogP contribution in [-0.4, -0.2) is 48.1 Å². The Hall–Kier alpha value is -0.300. The van der Waals surface area contributed by atoms with Gasteiger partial charge in [-0.1, -0.05) is 15.9 Å². The molecule has 0 saturated heterocycles. The van der Waals surface area contributed by atoms with Gasteiger partial charge in [0.05, 0.1) is 6.10 Å². The molecule has 0 atom stereocenters. The quantitative estimate of drug-likeness (QED) is 0.704. The van der Waals surface area contributed by atoms with Gasteiger partial charge in [-0.05, 0) is 13.8 Å². The van der Waals surface area contributed by atoms with Crippen molar-refractivity contribution in [2.45, 2.75) is 26.1 Å². The Kier molecular flexibility index (Phi) is 6.98. The van der Waals surface area contributed by atoms with E-state index >= 15 is 0 Å². The molecule has 0 aromatic carbocycles. The number of ether oxygens (including phenoxy) is 1. The number of carbonyl (C=O) groups excluding carboxylic acids is 1. The van der Waals surface area contributed by atoms with Crippen LogP contribution in [0, 0.1) is 0 Å². The summed E-state index contributed by atoms with van der Waals surface area (Å²) in [4.78, 5) is 12.1. The number of hydrogen-bond donors (Lipinski definition) is 0. The van der Waals surface area contributed by atoms with E-state index in [1.54, 1.807) is 13.8 Å². The molecule has 0 heterocycles. The number of carbonyl (C=O) groups is 1. The van der Waals surface area contributed by atoms with Crippen molar-refractivity contribution >= 4 is 21.8 Å². The van der Waals surface area contributed by atoms with Gasteiger partial charge in [0.25, 0.3) is 0 Å². The molecule has 0 spiro atoms. The molecule has 0 rings (SSSR count). The summed E-state index contributed by atoms with van der Waals surface area (Å²) >= 11 is 3.00. The monoisotopic (exact) mass is 305 g/mol. The van der Waals surface area contributed by atoms with Crippen molar-refractivity contribution in [1.29, 1.82) is 0 Å². The van der Waals surface area contributed by atoms with E-state index in [9.17, 15) is 18.0 Å². The fourth-order valence-corrected chi connectivity index (χ4v) is 1.37. The van der Waals surface area contributed by atoms with Crippen LogP contribution in [0.2, 0.25) is 0 Å².